The summed E-state index contributed by atoms with van der Waals surface area (Å²) in [4.78, 5) is 12.8. The molecule has 3 heteroatoms. The Kier molecular flexibility index (Phi) is 6.48. The predicted octanol–water partition coefficient (Wildman–Crippen LogP) is 5.99. The molecule has 3 nitrogen and oxygen atoms in total. The van der Waals surface area contributed by atoms with Crippen LogP contribution in [0, 0.1) is 0 Å². The van der Waals surface area contributed by atoms with E-state index in [4.69, 9.17) is 0 Å². The zero-order valence-electron chi connectivity index (χ0n) is 15.8. The summed E-state index contributed by atoms with van der Waals surface area (Å²) in [6, 6.07) is 20.7. The number of fused-ring (bicyclic) bond motifs is 1. The average molecular weight is 361 g/mol. The van der Waals surface area contributed by atoms with E-state index in [0.717, 1.165) is 35.6 Å². The van der Waals surface area contributed by atoms with E-state index >= 15 is 0 Å². The number of carbonyl (C=O) groups excluding carboxylic acids is 1. The van der Waals surface area contributed by atoms with Gasteiger partial charge in [0.25, 0.3) is 5.91 Å². The highest BCUT2D eigenvalue weighted by atomic mass is 16.3. The molecule has 0 bridgehead atoms. The van der Waals surface area contributed by atoms with Crippen molar-refractivity contribution in [1.82, 2.24) is 5.32 Å². The molecule has 140 valence electrons. The molecule has 27 heavy (non-hydrogen) atoms. The van der Waals surface area contributed by atoms with E-state index < -0.39 is 0 Å². The summed E-state index contributed by atoms with van der Waals surface area (Å²) >= 11 is 0. The number of phenolic OH excluding ortho intramolecular Hbond substituents is 1. The van der Waals surface area contributed by atoms with Crippen molar-refractivity contribution < 1.29 is 9.90 Å². The molecule has 3 aromatic rings. The van der Waals surface area contributed by atoms with Gasteiger partial charge >= 0.3 is 0 Å². The number of unbranched alkanes of at least 4 members (excludes halogenated alkanes) is 3. The van der Waals surface area contributed by atoms with Gasteiger partial charge in [-0.3, -0.25) is 4.79 Å². The van der Waals surface area contributed by atoms with Crippen molar-refractivity contribution in [3.05, 3.63) is 77.9 Å². The first-order valence-corrected chi connectivity index (χ1v) is 9.77. The lowest BCUT2D eigenvalue weighted by Crippen LogP contribution is -2.28. The Morgan fingerprint density at radius 1 is 0.926 bits per heavy atom. The van der Waals surface area contributed by atoms with Crippen molar-refractivity contribution in [1.29, 1.82) is 0 Å². The molecular weight excluding hydrogens is 334 g/mol. The lowest BCUT2D eigenvalue weighted by Gasteiger charge is -2.22. The second-order valence-corrected chi connectivity index (χ2v) is 6.96. The van der Waals surface area contributed by atoms with Gasteiger partial charge in [0, 0.05) is 11.1 Å². The van der Waals surface area contributed by atoms with Gasteiger partial charge in [0.2, 0.25) is 0 Å². The van der Waals surface area contributed by atoms with Gasteiger partial charge in [-0.1, -0.05) is 81.1 Å². The number of carbonyl (C=O) groups is 1. The maximum Gasteiger partial charge on any atom is 0.251 e. The van der Waals surface area contributed by atoms with Crippen molar-refractivity contribution in [3.63, 3.8) is 0 Å². The van der Waals surface area contributed by atoms with Crippen molar-refractivity contribution in [2.24, 2.45) is 0 Å². The average Bonchev–Trinajstić information content (AvgIpc) is 2.71. The Bertz CT molecular complexity index is 889. The van der Waals surface area contributed by atoms with Crippen LogP contribution in [0.5, 0.6) is 5.75 Å². The first-order chi connectivity index (χ1) is 13.2. The number of rotatable bonds is 8. The first kappa shape index (κ1) is 19.0. The van der Waals surface area contributed by atoms with Crippen LogP contribution in [-0.2, 0) is 0 Å². The van der Waals surface area contributed by atoms with Crippen LogP contribution in [0.1, 0.15) is 61.0 Å². The Morgan fingerprint density at radius 2 is 1.67 bits per heavy atom. The van der Waals surface area contributed by atoms with Gasteiger partial charge in [0.05, 0.1) is 6.04 Å². The molecule has 1 atom stereocenters. The Balaban J connectivity index is 1.92. The standard InChI is InChI=1S/C24H27NO2/c1-2-3-4-8-15-21(25-24(27)19-12-6-5-7-13-19)23-20-14-10-9-11-18(20)16-17-22(23)26/h5-7,9-14,16-17,21,26H,2-4,8,15H2,1H3,(H,25,27). The summed E-state index contributed by atoms with van der Waals surface area (Å²) in [6.45, 7) is 2.19. The van der Waals surface area contributed by atoms with Crippen molar-refractivity contribution in [3.8, 4) is 5.75 Å². The maximum atomic E-state index is 12.8. The molecule has 0 radical (unpaired) electrons. The number of hydrogen-bond acceptors (Lipinski definition) is 2. The summed E-state index contributed by atoms with van der Waals surface area (Å²) in [6.07, 6.45) is 5.29. The van der Waals surface area contributed by atoms with Gasteiger partial charge < -0.3 is 10.4 Å². The fourth-order valence-electron chi connectivity index (χ4n) is 3.55. The molecule has 1 amide bonds. The van der Waals surface area contributed by atoms with Crippen molar-refractivity contribution in [2.75, 3.05) is 0 Å². The predicted molar refractivity (Wildman–Crippen MR) is 111 cm³/mol. The van der Waals surface area contributed by atoms with Gasteiger partial charge in [0.1, 0.15) is 5.75 Å². The number of amides is 1. The molecule has 0 aliphatic rings. The summed E-state index contributed by atoms with van der Waals surface area (Å²) in [5.41, 5.74) is 1.45. The molecule has 0 saturated heterocycles. The minimum absolute atomic E-state index is 0.108. The van der Waals surface area contributed by atoms with Crippen LogP contribution in [-0.4, -0.2) is 11.0 Å². The van der Waals surface area contributed by atoms with E-state index in [1.165, 1.54) is 12.8 Å². The molecule has 3 rings (SSSR count). The molecule has 3 aromatic carbocycles. The highest BCUT2D eigenvalue weighted by Crippen LogP contribution is 2.35. The second-order valence-electron chi connectivity index (χ2n) is 6.96. The first-order valence-electron chi connectivity index (χ1n) is 9.77. The smallest absolute Gasteiger partial charge is 0.251 e. The van der Waals surface area contributed by atoms with E-state index in [-0.39, 0.29) is 17.7 Å². The number of hydrogen-bond donors (Lipinski definition) is 2. The van der Waals surface area contributed by atoms with Gasteiger partial charge in [-0.15, -0.1) is 0 Å². The van der Waals surface area contributed by atoms with E-state index in [2.05, 4.69) is 12.2 Å². The summed E-state index contributed by atoms with van der Waals surface area (Å²) in [5.74, 6) is 0.131. The van der Waals surface area contributed by atoms with E-state index in [1.54, 1.807) is 6.07 Å². The quantitative estimate of drug-likeness (QED) is 0.484. The molecule has 2 N–H and O–H groups in total. The van der Waals surface area contributed by atoms with E-state index in [9.17, 15) is 9.90 Å². The largest absolute Gasteiger partial charge is 0.508 e. The highest BCUT2D eigenvalue weighted by molar-refractivity contribution is 5.95. The van der Waals surface area contributed by atoms with E-state index in [1.807, 2.05) is 60.7 Å². The van der Waals surface area contributed by atoms with Crippen LogP contribution in [0.25, 0.3) is 10.8 Å². The normalized spacial score (nSPS) is 12.0. The van der Waals surface area contributed by atoms with Gasteiger partial charge in [-0.2, -0.15) is 0 Å². The third-order valence-electron chi connectivity index (χ3n) is 4.98. The van der Waals surface area contributed by atoms with Gasteiger partial charge in [0.15, 0.2) is 0 Å². The van der Waals surface area contributed by atoms with Crippen LogP contribution >= 0.6 is 0 Å². The molecule has 0 aromatic heterocycles. The summed E-state index contributed by atoms with van der Waals surface area (Å²) < 4.78 is 0. The number of benzene rings is 3. The Morgan fingerprint density at radius 3 is 2.44 bits per heavy atom. The van der Waals surface area contributed by atoms with Crippen LogP contribution in [0.3, 0.4) is 0 Å². The van der Waals surface area contributed by atoms with Crippen LogP contribution < -0.4 is 5.32 Å². The Hall–Kier alpha value is -2.81. The molecule has 0 fully saturated rings. The molecule has 0 aliphatic carbocycles. The molecular formula is C24H27NO2. The highest BCUT2D eigenvalue weighted by Gasteiger charge is 2.21. The third-order valence-corrected chi connectivity index (χ3v) is 4.98. The van der Waals surface area contributed by atoms with Crippen LogP contribution in [0.2, 0.25) is 0 Å². The van der Waals surface area contributed by atoms with Gasteiger partial charge in [-0.05, 0) is 35.4 Å². The van der Waals surface area contributed by atoms with Gasteiger partial charge in [-0.25, -0.2) is 0 Å². The van der Waals surface area contributed by atoms with Crippen LogP contribution in [0.4, 0.5) is 0 Å². The number of nitrogens with one attached hydrogen (secondary N) is 1. The van der Waals surface area contributed by atoms with Crippen LogP contribution in [0.15, 0.2) is 66.7 Å². The zero-order valence-corrected chi connectivity index (χ0v) is 15.8. The molecule has 0 saturated carbocycles. The van der Waals surface area contributed by atoms with Crippen molar-refractivity contribution >= 4 is 16.7 Å². The Labute approximate surface area is 161 Å². The minimum atomic E-state index is -0.222. The lowest BCUT2D eigenvalue weighted by atomic mass is 9.93. The minimum Gasteiger partial charge on any atom is -0.508 e. The molecule has 1 unspecified atom stereocenters. The fourth-order valence-corrected chi connectivity index (χ4v) is 3.55. The molecule has 0 aliphatic heterocycles. The van der Waals surface area contributed by atoms with E-state index in [0.29, 0.717) is 5.56 Å². The summed E-state index contributed by atoms with van der Waals surface area (Å²) in [7, 11) is 0. The molecule has 0 heterocycles. The fraction of sp³-hybridized carbons (Fsp3) is 0.292. The lowest BCUT2D eigenvalue weighted by molar-refractivity contribution is 0.0934. The zero-order chi connectivity index (χ0) is 19.1. The SMILES string of the molecule is CCCCCCC(NC(=O)c1ccccc1)c1c(O)ccc2ccccc12. The third kappa shape index (κ3) is 4.68. The number of phenols is 1. The maximum absolute atomic E-state index is 12.8. The second kappa shape index (κ2) is 9.22. The summed E-state index contributed by atoms with van der Waals surface area (Å²) in [5, 5.41) is 15.8. The number of aromatic hydroxyl groups is 1. The van der Waals surface area contributed by atoms with Crippen molar-refractivity contribution in [2.45, 2.75) is 45.1 Å². The molecule has 0 spiro atoms. The topological polar surface area (TPSA) is 49.3 Å². The monoisotopic (exact) mass is 361 g/mol.